The number of hydrogen-bond acceptors (Lipinski definition) is 4. The van der Waals surface area contributed by atoms with Crippen molar-refractivity contribution in [2.45, 2.75) is 13.0 Å². The van der Waals surface area contributed by atoms with Crippen LogP contribution in [0.15, 0.2) is 36.4 Å². The molecule has 5 nitrogen and oxygen atoms in total. The fourth-order valence-corrected chi connectivity index (χ4v) is 3.57. The van der Waals surface area contributed by atoms with Crippen molar-refractivity contribution in [2.75, 3.05) is 43.1 Å². The zero-order chi connectivity index (χ0) is 17.9. The van der Waals surface area contributed by atoms with Gasteiger partial charge in [-0.3, -0.25) is 4.79 Å². The van der Waals surface area contributed by atoms with Crippen LogP contribution in [0.5, 0.6) is 0 Å². The highest BCUT2D eigenvalue weighted by atomic mass is 35.5. The van der Waals surface area contributed by atoms with E-state index in [4.69, 9.17) is 4.74 Å². The van der Waals surface area contributed by atoms with E-state index in [-0.39, 0.29) is 42.2 Å². The third-order valence-corrected chi connectivity index (χ3v) is 4.96. The predicted octanol–water partition coefficient (Wildman–Crippen LogP) is 3.40. The molecule has 0 bridgehead atoms. The van der Waals surface area contributed by atoms with Crippen LogP contribution in [0.2, 0.25) is 0 Å². The molecule has 4 rings (SSSR count). The molecule has 0 aromatic heterocycles. The van der Waals surface area contributed by atoms with E-state index in [0.29, 0.717) is 37.3 Å². The summed E-state index contributed by atoms with van der Waals surface area (Å²) in [5.74, 6) is -0.610. The van der Waals surface area contributed by atoms with Gasteiger partial charge >= 0.3 is 0 Å². The van der Waals surface area contributed by atoms with Crippen LogP contribution in [0, 0.1) is 5.82 Å². The first kappa shape index (κ1) is 22.4. The molecule has 0 atom stereocenters. The fraction of sp³-hybridized carbons (Fsp3) is 0.350. The van der Waals surface area contributed by atoms with Crippen LogP contribution in [-0.2, 0) is 17.7 Å². The quantitative estimate of drug-likeness (QED) is 0.787. The minimum atomic E-state index is -0.318. The molecule has 0 spiro atoms. The number of ether oxygens (including phenoxy) is 1. The molecule has 1 fully saturated rings. The molecule has 1 amide bonds. The number of hydrogen-bond donors (Lipinski definition) is 2. The predicted molar refractivity (Wildman–Crippen MR) is 114 cm³/mol. The molecule has 2 aromatic carbocycles. The number of para-hydroxylation sites is 1. The monoisotopic (exact) mass is 427 g/mol. The highest BCUT2D eigenvalue weighted by Gasteiger charge is 2.21. The Labute approximate surface area is 176 Å². The van der Waals surface area contributed by atoms with Crippen molar-refractivity contribution in [3.05, 3.63) is 58.9 Å². The Morgan fingerprint density at radius 3 is 2.64 bits per heavy atom. The molecular formula is C20H24Cl2FN3O2. The lowest BCUT2D eigenvalue weighted by Crippen LogP contribution is -2.37. The molecule has 0 aliphatic carbocycles. The molecule has 2 heterocycles. The van der Waals surface area contributed by atoms with E-state index in [2.05, 4.69) is 15.5 Å². The number of carbonyl (C=O) groups is 1. The van der Waals surface area contributed by atoms with Gasteiger partial charge in [0.2, 0.25) is 0 Å². The van der Waals surface area contributed by atoms with Crippen molar-refractivity contribution in [2.24, 2.45) is 0 Å². The average Bonchev–Trinajstić information content (AvgIpc) is 2.71. The van der Waals surface area contributed by atoms with E-state index in [1.54, 1.807) is 12.1 Å². The van der Waals surface area contributed by atoms with Crippen molar-refractivity contribution in [3.8, 4) is 0 Å². The summed E-state index contributed by atoms with van der Waals surface area (Å²) in [5, 5.41) is 5.99. The molecule has 152 valence electrons. The summed E-state index contributed by atoms with van der Waals surface area (Å²) < 4.78 is 20.2. The Kier molecular flexibility index (Phi) is 8.07. The average molecular weight is 428 g/mol. The van der Waals surface area contributed by atoms with Gasteiger partial charge in [-0.15, -0.1) is 24.8 Å². The van der Waals surface area contributed by atoms with Crippen LogP contribution in [0.4, 0.5) is 15.8 Å². The summed E-state index contributed by atoms with van der Waals surface area (Å²) in [6.45, 7) is 4.18. The second-order valence-corrected chi connectivity index (χ2v) is 6.56. The van der Waals surface area contributed by atoms with Gasteiger partial charge in [-0.05, 0) is 42.3 Å². The van der Waals surface area contributed by atoms with Crippen molar-refractivity contribution < 1.29 is 13.9 Å². The highest BCUT2D eigenvalue weighted by molar-refractivity contribution is 6.08. The maximum absolute atomic E-state index is 14.8. The number of anilines is 2. The minimum Gasteiger partial charge on any atom is -0.378 e. The van der Waals surface area contributed by atoms with Crippen molar-refractivity contribution in [1.82, 2.24) is 5.32 Å². The fourth-order valence-electron chi connectivity index (χ4n) is 3.57. The van der Waals surface area contributed by atoms with Crippen molar-refractivity contribution in [3.63, 3.8) is 0 Å². The van der Waals surface area contributed by atoms with Crippen molar-refractivity contribution >= 4 is 42.1 Å². The lowest BCUT2D eigenvalue weighted by Gasteiger charge is -2.30. The van der Waals surface area contributed by atoms with Crippen molar-refractivity contribution in [1.29, 1.82) is 0 Å². The van der Waals surface area contributed by atoms with E-state index in [1.807, 2.05) is 24.3 Å². The summed E-state index contributed by atoms with van der Waals surface area (Å²) in [4.78, 5) is 15.0. The number of amides is 1. The third kappa shape index (κ3) is 4.58. The van der Waals surface area contributed by atoms with Gasteiger partial charge in [0.25, 0.3) is 5.91 Å². The van der Waals surface area contributed by atoms with Crippen LogP contribution in [0.1, 0.15) is 21.5 Å². The van der Waals surface area contributed by atoms with Gasteiger partial charge in [0.05, 0.1) is 24.5 Å². The number of halogens is 3. The van der Waals surface area contributed by atoms with Gasteiger partial charge in [0.1, 0.15) is 5.82 Å². The van der Waals surface area contributed by atoms with E-state index < -0.39 is 0 Å². The summed E-state index contributed by atoms with van der Waals surface area (Å²) in [5.41, 5.74) is 3.31. The Bertz CT molecular complexity index is 829. The normalized spacial score (nSPS) is 15.7. The van der Waals surface area contributed by atoms with Gasteiger partial charge < -0.3 is 20.3 Å². The summed E-state index contributed by atoms with van der Waals surface area (Å²) >= 11 is 0. The molecule has 0 unspecified atom stereocenters. The van der Waals surface area contributed by atoms with Crippen LogP contribution in [0.3, 0.4) is 0 Å². The first-order valence-electron chi connectivity index (χ1n) is 8.98. The molecule has 2 aliphatic rings. The van der Waals surface area contributed by atoms with Crippen LogP contribution < -0.4 is 15.5 Å². The largest absolute Gasteiger partial charge is 0.378 e. The van der Waals surface area contributed by atoms with Gasteiger partial charge in [-0.2, -0.15) is 0 Å². The minimum absolute atomic E-state index is 0. The number of rotatable bonds is 3. The summed E-state index contributed by atoms with van der Waals surface area (Å²) in [6, 6.07) is 11.0. The first-order chi connectivity index (χ1) is 12.7. The maximum Gasteiger partial charge on any atom is 0.257 e. The highest BCUT2D eigenvalue weighted by Crippen LogP contribution is 2.27. The van der Waals surface area contributed by atoms with E-state index >= 15 is 0 Å². The van der Waals surface area contributed by atoms with E-state index in [9.17, 15) is 9.18 Å². The third-order valence-electron chi connectivity index (χ3n) is 4.96. The lowest BCUT2D eigenvalue weighted by atomic mass is 9.99. The zero-order valence-corrected chi connectivity index (χ0v) is 17.0. The topological polar surface area (TPSA) is 53.6 Å². The van der Waals surface area contributed by atoms with E-state index in [0.717, 1.165) is 30.9 Å². The first-order valence-corrected chi connectivity index (χ1v) is 8.98. The SMILES string of the molecule is Cl.Cl.O=C(Nc1ccc2c(c1F)CCNC2)c1ccccc1N1CCOCC1. The molecule has 2 N–H and O–H groups in total. The van der Waals surface area contributed by atoms with Gasteiger partial charge in [0.15, 0.2) is 0 Å². The number of morpholine rings is 1. The lowest BCUT2D eigenvalue weighted by molar-refractivity contribution is 0.102. The smallest absolute Gasteiger partial charge is 0.257 e. The molecule has 1 saturated heterocycles. The second-order valence-electron chi connectivity index (χ2n) is 6.56. The van der Waals surface area contributed by atoms with Crippen LogP contribution in [-0.4, -0.2) is 38.8 Å². The molecule has 28 heavy (non-hydrogen) atoms. The maximum atomic E-state index is 14.8. The Balaban J connectivity index is 0.00000140. The second kappa shape index (κ2) is 10.1. The molecule has 2 aromatic rings. The molecule has 2 aliphatic heterocycles. The zero-order valence-electron chi connectivity index (χ0n) is 15.4. The molecule has 0 saturated carbocycles. The Morgan fingerprint density at radius 1 is 1.11 bits per heavy atom. The number of nitrogens with zero attached hydrogens (tertiary/aromatic N) is 1. The number of carbonyl (C=O) groups excluding carboxylic acids is 1. The standard InChI is InChI=1S/C20H22FN3O2.2ClH/c21-19-15-7-8-22-13-14(15)5-6-17(19)23-20(25)16-3-1-2-4-18(16)24-9-11-26-12-10-24;;/h1-6,22H,7-13H2,(H,23,25);2*1H. The number of benzene rings is 2. The van der Waals surface area contributed by atoms with Crippen LogP contribution >= 0.6 is 24.8 Å². The molecule has 8 heteroatoms. The van der Waals surface area contributed by atoms with E-state index in [1.165, 1.54) is 0 Å². The Hall–Kier alpha value is -1.86. The van der Waals surface area contributed by atoms with Gasteiger partial charge in [-0.1, -0.05) is 18.2 Å². The Morgan fingerprint density at radius 2 is 1.86 bits per heavy atom. The number of fused-ring (bicyclic) bond motifs is 1. The summed E-state index contributed by atoms with van der Waals surface area (Å²) in [6.07, 6.45) is 0.634. The number of nitrogens with one attached hydrogen (secondary N) is 2. The van der Waals surface area contributed by atoms with Gasteiger partial charge in [-0.25, -0.2) is 4.39 Å². The van der Waals surface area contributed by atoms with Crippen LogP contribution in [0.25, 0.3) is 0 Å². The summed E-state index contributed by atoms with van der Waals surface area (Å²) in [7, 11) is 0. The molecule has 0 radical (unpaired) electrons. The van der Waals surface area contributed by atoms with Gasteiger partial charge in [0, 0.05) is 25.3 Å². The molecular weight excluding hydrogens is 404 g/mol.